The molecule has 2 aliphatic carbocycles. The van der Waals surface area contributed by atoms with Gasteiger partial charge < -0.3 is 9.84 Å². The van der Waals surface area contributed by atoms with Crippen LogP contribution < -0.4 is 0 Å². The molecule has 0 spiro atoms. The summed E-state index contributed by atoms with van der Waals surface area (Å²) in [5, 5.41) is 10.1. The molecule has 0 aromatic carbocycles. The largest absolute Gasteiger partial charge is 0.465 e. The van der Waals surface area contributed by atoms with Crippen LogP contribution in [-0.2, 0) is 14.3 Å². The van der Waals surface area contributed by atoms with Gasteiger partial charge in [-0.3, -0.25) is 9.59 Å². The summed E-state index contributed by atoms with van der Waals surface area (Å²) in [5.74, 6) is 1.14. The molecule has 0 amide bonds. The van der Waals surface area contributed by atoms with Crippen LogP contribution in [0.3, 0.4) is 0 Å². The summed E-state index contributed by atoms with van der Waals surface area (Å²) in [7, 11) is 0. The number of cyclic esters (lactones) is 1. The Hall–Kier alpha value is -0.900. The number of carbonyl (C=O) groups excluding carboxylic acids is 2. The molecule has 1 saturated heterocycles. The zero-order chi connectivity index (χ0) is 17.3. The quantitative estimate of drug-likeness (QED) is 0.798. The standard InChI is InChI=1S/C20H32O4/c1-3-4-5-17-16(13-6-7-14(21)10-13)12-24-19(23)18-11-15(22)8-9-20(17,18)2/h13,15-18,22H,3-12H2,1-2H3/t13-,15+,16+,17+,18-,20-/m1/s1. The number of aliphatic hydroxyl groups excluding tert-OH is 1. The number of unbranched alkanes of at least 4 members (excludes halogenated alkanes) is 1. The molecule has 3 fully saturated rings. The summed E-state index contributed by atoms with van der Waals surface area (Å²) in [6, 6.07) is 0. The third-order valence-corrected chi connectivity index (χ3v) is 7.14. The van der Waals surface area contributed by atoms with Gasteiger partial charge in [0.1, 0.15) is 5.78 Å². The number of ketones is 1. The first-order valence-electron chi connectivity index (χ1n) is 9.82. The van der Waals surface area contributed by atoms with Gasteiger partial charge in [-0.1, -0.05) is 26.7 Å². The fourth-order valence-electron chi connectivity index (χ4n) is 5.65. The molecule has 0 aromatic heterocycles. The molecule has 1 N–H and O–H groups in total. The van der Waals surface area contributed by atoms with Gasteiger partial charge >= 0.3 is 5.97 Å². The highest BCUT2D eigenvalue weighted by Crippen LogP contribution is 2.55. The summed E-state index contributed by atoms with van der Waals surface area (Å²) in [5.41, 5.74) is -0.0989. The van der Waals surface area contributed by atoms with Crippen LogP contribution >= 0.6 is 0 Å². The Morgan fingerprint density at radius 2 is 2.08 bits per heavy atom. The summed E-state index contributed by atoms with van der Waals surface area (Å²) in [4.78, 5) is 24.5. The van der Waals surface area contributed by atoms with Gasteiger partial charge in [-0.25, -0.2) is 0 Å². The first kappa shape index (κ1) is 17.9. The minimum Gasteiger partial charge on any atom is -0.465 e. The summed E-state index contributed by atoms with van der Waals surface area (Å²) >= 11 is 0. The molecule has 136 valence electrons. The Kier molecular flexibility index (Phi) is 5.33. The highest BCUT2D eigenvalue weighted by Gasteiger charge is 2.54. The SMILES string of the molecule is CCCC[C@H]1[C@H]([C@@H]2CCC(=O)C2)COC(=O)[C@H]2C[C@@H](O)CC[C@@]21C. The minimum atomic E-state index is -0.382. The van der Waals surface area contributed by atoms with E-state index in [4.69, 9.17) is 4.74 Å². The number of hydrogen-bond acceptors (Lipinski definition) is 4. The highest BCUT2D eigenvalue weighted by atomic mass is 16.5. The third-order valence-electron chi connectivity index (χ3n) is 7.14. The first-order valence-corrected chi connectivity index (χ1v) is 9.82. The maximum atomic E-state index is 12.6. The van der Waals surface area contributed by atoms with Gasteiger partial charge in [0.05, 0.1) is 18.6 Å². The predicted octanol–water partition coefficient (Wildman–Crippen LogP) is 3.50. The molecule has 0 aromatic rings. The molecule has 3 rings (SSSR count). The van der Waals surface area contributed by atoms with E-state index in [0.29, 0.717) is 49.4 Å². The van der Waals surface area contributed by atoms with E-state index in [9.17, 15) is 14.7 Å². The van der Waals surface area contributed by atoms with Crippen LogP contribution in [-0.4, -0.2) is 29.6 Å². The number of esters is 1. The van der Waals surface area contributed by atoms with Gasteiger partial charge in [-0.15, -0.1) is 0 Å². The predicted molar refractivity (Wildman–Crippen MR) is 91.3 cm³/mol. The van der Waals surface area contributed by atoms with Crippen molar-refractivity contribution in [3.05, 3.63) is 0 Å². The van der Waals surface area contributed by atoms with E-state index in [0.717, 1.165) is 38.5 Å². The van der Waals surface area contributed by atoms with Crippen molar-refractivity contribution in [3.63, 3.8) is 0 Å². The van der Waals surface area contributed by atoms with Gasteiger partial charge in [0.25, 0.3) is 0 Å². The van der Waals surface area contributed by atoms with Crippen molar-refractivity contribution in [2.45, 2.75) is 77.7 Å². The van der Waals surface area contributed by atoms with Crippen LogP contribution in [0.25, 0.3) is 0 Å². The Balaban J connectivity index is 1.91. The van der Waals surface area contributed by atoms with Crippen molar-refractivity contribution in [1.29, 1.82) is 0 Å². The molecule has 3 aliphatic rings. The number of ether oxygens (including phenoxy) is 1. The van der Waals surface area contributed by atoms with Crippen LogP contribution in [0.1, 0.15) is 71.6 Å². The zero-order valence-corrected chi connectivity index (χ0v) is 15.1. The molecule has 2 saturated carbocycles. The van der Waals surface area contributed by atoms with Crippen molar-refractivity contribution in [2.24, 2.45) is 29.1 Å². The molecule has 0 bridgehead atoms. The molecular formula is C20H32O4. The van der Waals surface area contributed by atoms with E-state index < -0.39 is 0 Å². The lowest BCUT2D eigenvalue weighted by atomic mass is 9.55. The van der Waals surface area contributed by atoms with Crippen LogP contribution in [0.2, 0.25) is 0 Å². The normalized spacial score (nSPS) is 43.2. The second-order valence-corrected chi connectivity index (χ2v) is 8.57. The average molecular weight is 336 g/mol. The van der Waals surface area contributed by atoms with Gasteiger partial charge in [0, 0.05) is 12.8 Å². The Morgan fingerprint density at radius 1 is 1.29 bits per heavy atom. The zero-order valence-electron chi connectivity index (χ0n) is 15.1. The lowest BCUT2D eigenvalue weighted by Crippen LogP contribution is -2.46. The summed E-state index contributed by atoms with van der Waals surface area (Å²) in [6.45, 7) is 4.92. The van der Waals surface area contributed by atoms with E-state index in [-0.39, 0.29) is 23.4 Å². The molecule has 4 nitrogen and oxygen atoms in total. The molecule has 0 unspecified atom stereocenters. The number of hydrogen-bond donors (Lipinski definition) is 1. The summed E-state index contributed by atoms with van der Waals surface area (Å²) < 4.78 is 5.70. The van der Waals surface area contributed by atoms with Crippen molar-refractivity contribution < 1.29 is 19.4 Å². The van der Waals surface area contributed by atoms with Crippen LogP contribution in [0.5, 0.6) is 0 Å². The fourth-order valence-corrected chi connectivity index (χ4v) is 5.65. The van der Waals surface area contributed by atoms with Gasteiger partial charge in [0.2, 0.25) is 0 Å². The van der Waals surface area contributed by atoms with Gasteiger partial charge in [-0.2, -0.15) is 0 Å². The number of fused-ring (bicyclic) bond motifs is 1. The van der Waals surface area contributed by atoms with E-state index >= 15 is 0 Å². The monoisotopic (exact) mass is 336 g/mol. The summed E-state index contributed by atoms with van der Waals surface area (Å²) in [6.07, 6.45) is 7.52. The molecule has 0 radical (unpaired) electrons. The van der Waals surface area contributed by atoms with E-state index in [1.54, 1.807) is 0 Å². The molecule has 6 atom stereocenters. The van der Waals surface area contributed by atoms with Crippen LogP contribution in [0.4, 0.5) is 0 Å². The Bertz CT molecular complexity index is 488. The maximum absolute atomic E-state index is 12.6. The third kappa shape index (κ3) is 3.26. The molecule has 1 aliphatic heterocycles. The second-order valence-electron chi connectivity index (χ2n) is 8.57. The van der Waals surface area contributed by atoms with Crippen LogP contribution in [0.15, 0.2) is 0 Å². The maximum Gasteiger partial charge on any atom is 0.309 e. The van der Waals surface area contributed by atoms with Crippen molar-refractivity contribution in [1.82, 2.24) is 0 Å². The highest BCUT2D eigenvalue weighted by molar-refractivity contribution is 5.80. The first-order chi connectivity index (χ1) is 11.5. The fraction of sp³-hybridized carbons (Fsp3) is 0.900. The number of carbonyl (C=O) groups is 2. The Morgan fingerprint density at radius 3 is 2.75 bits per heavy atom. The molecule has 24 heavy (non-hydrogen) atoms. The van der Waals surface area contributed by atoms with Crippen molar-refractivity contribution in [2.75, 3.05) is 6.61 Å². The van der Waals surface area contributed by atoms with E-state index in [2.05, 4.69) is 13.8 Å². The topological polar surface area (TPSA) is 63.6 Å². The number of aliphatic hydroxyl groups is 1. The lowest BCUT2D eigenvalue weighted by Gasteiger charge is -2.48. The molecular weight excluding hydrogens is 304 g/mol. The number of Topliss-reactive ketones (excluding diaryl/α,β-unsaturated/α-hetero) is 1. The molecule has 4 heteroatoms. The van der Waals surface area contributed by atoms with Crippen molar-refractivity contribution >= 4 is 11.8 Å². The van der Waals surface area contributed by atoms with E-state index in [1.807, 2.05) is 0 Å². The van der Waals surface area contributed by atoms with Crippen LogP contribution in [0, 0.1) is 29.1 Å². The van der Waals surface area contributed by atoms with E-state index in [1.165, 1.54) is 0 Å². The second kappa shape index (κ2) is 7.15. The van der Waals surface area contributed by atoms with Gasteiger partial charge in [0.15, 0.2) is 0 Å². The molecule has 1 heterocycles. The number of rotatable bonds is 4. The minimum absolute atomic E-state index is 0.0989. The lowest BCUT2D eigenvalue weighted by molar-refractivity contribution is -0.155. The van der Waals surface area contributed by atoms with Crippen molar-refractivity contribution in [3.8, 4) is 0 Å². The Labute approximate surface area is 145 Å². The van der Waals surface area contributed by atoms with Gasteiger partial charge in [-0.05, 0) is 55.3 Å². The average Bonchev–Trinajstić information content (AvgIpc) is 2.94. The smallest absolute Gasteiger partial charge is 0.309 e.